The normalized spacial score (nSPS) is 17.8. The molecule has 3 heterocycles. The largest absolute Gasteiger partial charge is 0.348 e. The van der Waals surface area contributed by atoms with Crippen molar-refractivity contribution in [2.45, 2.75) is 13.0 Å². The molecule has 8 heteroatoms. The molecule has 3 rings (SSSR count). The van der Waals surface area contributed by atoms with Gasteiger partial charge in [-0.15, -0.1) is 11.3 Å². The highest BCUT2D eigenvalue weighted by atomic mass is 32.1. The fraction of sp³-hybridized carbons (Fsp3) is 0.562. The Morgan fingerprint density at radius 2 is 2.12 bits per heavy atom. The molecule has 1 aliphatic rings. The number of hydrogen-bond donors (Lipinski definition) is 0. The van der Waals surface area contributed by atoms with Crippen LogP contribution in [0.15, 0.2) is 22.0 Å². The number of rotatable bonds is 5. The molecule has 0 spiro atoms. The Balaban J connectivity index is 1.55. The molecule has 0 bridgehead atoms. The molecular weight excluding hydrogens is 326 g/mol. The summed E-state index contributed by atoms with van der Waals surface area (Å²) in [5, 5.41) is 6.09. The van der Waals surface area contributed by atoms with Crippen LogP contribution >= 0.6 is 11.3 Å². The molecule has 0 unspecified atom stereocenters. The van der Waals surface area contributed by atoms with E-state index in [-0.39, 0.29) is 11.9 Å². The first-order chi connectivity index (χ1) is 11.5. The van der Waals surface area contributed by atoms with Crippen LogP contribution in [-0.2, 0) is 4.79 Å². The van der Waals surface area contributed by atoms with E-state index in [2.05, 4.69) is 26.9 Å². The standard InChI is InChI=1S/C16H23N5O2S/c1-12(16-17-15(18-23-16)13-5-4-10-24-13)21-8-6-20(7-9-21)11-14(22)19(2)3/h4-5,10,12H,6-9,11H2,1-3H3/t12-/m0/s1. The van der Waals surface area contributed by atoms with Crippen molar-refractivity contribution in [2.75, 3.05) is 46.8 Å². The Hall–Kier alpha value is -1.77. The van der Waals surface area contributed by atoms with Gasteiger partial charge in [-0.3, -0.25) is 14.6 Å². The summed E-state index contributed by atoms with van der Waals surface area (Å²) in [6, 6.07) is 4.05. The van der Waals surface area contributed by atoms with Crippen molar-refractivity contribution in [3.63, 3.8) is 0 Å². The molecule has 0 saturated carbocycles. The molecule has 2 aromatic heterocycles. The van der Waals surface area contributed by atoms with Crippen molar-refractivity contribution in [3.8, 4) is 10.7 Å². The van der Waals surface area contributed by atoms with Gasteiger partial charge in [0.05, 0.1) is 17.5 Å². The molecule has 0 N–H and O–H groups in total. The van der Waals surface area contributed by atoms with Gasteiger partial charge in [-0.2, -0.15) is 4.98 Å². The van der Waals surface area contributed by atoms with Gasteiger partial charge in [0.25, 0.3) is 0 Å². The highest BCUT2D eigenvalue weighted by molar-refractivity contribution is 7.13. The van der Waals surface area contributed by atoms with Gasteiger partial charge in [-0.1, -0.05) is 11.2 Å². The summed E-state index contributed by atoms with van der Waals surface area (Å²) in [4.78, 5) is 23.5. The fourth-order valence-corrected chi connectivity index (χ4v) is 3.36. The van der Waals surface area contributed by atoms with Crippen molar-refractivity contribution >= 4 is 17.2 Å². The molecule has 1 fully saturated rings. The summed E-state index contributed by atoms with van der Waals surface area (Å²) < 4.78 is 5.46. The van der Waals surface area contributed by atoms with Crippen LogP contribution < -0.4 is 0 Å². The number of aromatic nitrogens is 2. The topological polar surface area (TPSA) is 65.7 Å². The van der Waals surface area contributed by atoms with Crippen LogP contribution in [0.1, 0.15) is 18.9 Å². The molecule has 1 aliphatic heterocycles. The smallest absolute Gasteiger partial charge is 0.244 e. The lowest BCUT2D eigenvalue weighted by atomic mass is 10.2. The summed E-state index contributed by atoms with van der Waals surface area (Å²) in [6.45, 7) is 6.09. The van der Waals surface area contributed by atoms with Crippen molar-refractivity contribution in [2.24, 2.45) is 0 Å². The van der Waals surface area contributed by atoms with Crippen LogP contribution in [0.3, 0.4) is 0 Å². The molecule has 0 aliphatic carbocycles. The zero-order valence-corrected chi connectivity index (χ0v) is 15.1. The SMILES string of the molecule is C[C@@H](c1nc(-c2cccs2)no1)N1CCN(CC(=O)N(C)C)CC1. The first-order valence-corrected chi connectivity index (χ1v) is 8.96. The van der Waals surface area contributed by atoms with E-state index in [0.29, 0.717) is 18.3 Å². The van der Waals surface area contributed by atoms with Gasteiger partial charge in [0.2, 0.25) is 17.6 Å². The monoisotopic (exact) mass is 349 g/mol. The van der Waals surface area contributed by atoms with Crippen molar-refractivity contribution in [1.29, 1.82) is 0 Å². The fourth-order valence-electron chi connectivity index (χ4n) is 2.71. The second kappa shape index (κ2) is 7.42. The Bertz CT molecular complexity index is 662. The summed E-state index contributed by atoms with van der Waals surface area (Å²) in [5.74, 6) is 1.45. The Kier molecular flexibility index (Phi) is 5.27. The first kappa shape index (κ1) is 17.1. The molecule has 7 nitrogen and oxygen atoms in total. The molecule has 0 radical (unpaired) electrons. The van der Waals surface area contributed by atoms with Gasteiger partial charge in [-0.25, -0.2) is 0 Å². The second-order valence-corrected chi connectivity index (χ2v) is 7.16. The van der Waals surface area contributed by atoms with Gasteiger partial charge in [0.15, 0.2) is 0 Å². The number of hydrogen-bond acceptors (Lipinski definition) is 7. The maximum atomic E-state index is 11.8. The van der Waals surface area contributed by atoms with E-state index in [1.165, 1.54) is 0 Å². The number of likely N-dealkylation sites (N-methyl/N-ethyl adjacent to an activating group) is 1. The Labute approximate surface area is 145 Å². The Morgan fingerprint density at radius 3 is 2.75 bits per heavy atom. The highest BCUT2D eigenvalue weighted by Gasteiger charge is 2.27. The molecule has 1 saturated heterocycles. The van der Waals surface area contributed by atoms with E-state index in [9.17, 15) is 4.79 Å². The molecule has 0 aromatic carbocycles. The van der Waals surface area contributed by atoms with E-state index in [4.69, 9.17) is 4.52 Å². The summed E-state index contributed by atoms with van der Waals surface area (Å²) >= 11 is 1.60. The predicted octanol–water partition coefficient (Wildman–Crippen LogP) is 1.56. The lowest BCUT2D eigenvalue weighted by molar-refractivity contribution is -0.130. The van der Waals surface area contributed by atoms with E-state index >= 15 is 0 Å². The van der Waals surface area contributed by atoms with Gasteiger partial charge in [-0.05, 0) is 18.4 Å². The third-order valence-corrected chi connectivity index (χ3v) is 5.22. The minimum atomic E-state index is 0.0814. The zero-order chi connectivity index (χ0) is 17.1. The van der Waals surface area contributed by atoms with Crippen molar-refractivity contribution < 1.29 is 9.32 Å². The number of piperazine rings is 1. The highest BCUT2D eigenvalue weighted by Crippen LogP contribution is 2.25. The van der Waals surface area contributed by atoms with Crippen LogP contribution in [-0.4, -0.2) is 77.6 Å². The zero-order valence-electron chi connectivity index (χ0n) is 14.3. The summed E-state index contributed by atoms with van der Waals surface area (Å²) in [7, 11) is 3.59. The van der Waals surface area contributed by atoms with Gasteiger partial charge < -0.3 is 9.42 Å². The van der Waals surface area contributed by atoms with E-state index in [1.54, 1.807) is 30.3 Å². The second-order valence-electron chi connectivity index (χ2n) is 6.21. The average Bonchev–Trinajstić information content (AvgIpc) is 3.26. The predicted molar refractivity (Wildman–Crippen MR) is 92.7 cm³/mol. The van der Waals surface area contributed by atoms with Gasteiger partial charge in [0, 0.05) is 40.3 Å². The molecule has 2 aromatic rings. The molecule has 24 heavy (non-hydrogen) atoms. The third kappa shape index (κ3) is 3.82. The summed E-state index contributed by atoms with van der Waals surface area (Å²) in [5.41, 5.74) is 0. The molecule has 130 valence electrons. The minimum Gasteiger partial charge on any atom is -0.348 e. The lowest BCUT2D eigenvalue weighted by Crippen LogP contribution is -2.49. The van der Waals surface area contributed by atoms with E-state index < -0.39 is 0 Å². The average molecular weight is 349 g/mol. The number of carbonyl (C=O) groups is 1. The third-order valence-electron chi connectivity index (χ3n) is 4.35. The van der Waals surface area contributed by atoms with Crippen molar-refractivity contribution in [3.05, 3.63) is 23.4 Å². The van der Waals surface area contributed by atoms with Gasteiger partial charge in [0.1, 0.15) is 0 Å². The van der Waals surface area contributed by atoms with Crippen LogP contribution in [0.2, 0.25) is 0 Å². The van der Waals surface area contributed by atoms with E-state index in [1.807, 2.05) is 17.5 Å². The van der Waals surface area contributed by atoms with E-state index in [0.717, 1.165) is 31.1 Å². The number of nitrogens with zero attached hydrogens (tertiary/aromatic N) is 5. The first-order valence-electron chi connectivity index (χ1n) is 8.08. The quantitative estimate of drug-likeness (QED) is 0.816. The Morgan fingerprint density at radius 1 is 1.38 bits per heavy atom. The summed E-state index contributed by atoms with van der Waals surface area (Å²) in [6.07, 6.45) is 0. The van der Waals surface area contributed by atoms with Crippen molar-refractivity contribution in [1.82, 2.24) is 24.8 Å². The van der Waals surface area contributed by atoms with Gasteiger partial charge >= 0.3 is 0 Å². The molecule has 1 atom stereocenters. The van der Waals surface area contributed by atoms with Crippen LogP contribution in [0.5, 0.6) is 0 Å². The molecule has 1 amide bonds. The maximum Gasteiger partial charge on any atom is 0.244 e. The lowest BCUT2D eigenvalue weighted by Gasteiger charge is -2.36. The minimum absolute atomic E-state index is 0.0814. The van der Waals surface area contributed by atoms with Crippen LogP contribution in [0, 0.1) is 0 Å². The number of thiophene rings is 1. The number of carbonyl (C=O) groups excluding carboxylic acids is 1. The maximum absolute atomic E-state index is 11.8. The number of amides is 1. The molecular formula is C16H23N5O2S. The van der Waals surface area contributed by atoms with Crippen LogP contribution in [0.4, 0.5) is 0 Å². The van der Waals surface area contributed by atoms with Crippen LogP contribution in [0.25, 0.3) is 10.7 Å².